The lowest BCUT2D eigenvalue weighted by Gasteiger charge is -2.18. The second-order valence-electron chi connectivity index (χ2n) is 6.63. The highest BCUT2D eigenvalue weighted by Crippen LogP contribution is 2.30. The summed E-state index contributed by atoms with van der Waals surface area (Å²) in [6, 6.07) is 5.79. The number of carbonyl (C=O) groups is 1. The molecule has 1 aromatic carbocycles. The Bertz CT molecular complexity index is 747. The van der Waals surface area contributed by atoms with E-state index in [1.165, 1.54) is 0 Å². The molecule has 2 aromatic rings. The average molecular weight is 379 g/mol. The van der Waals surface area contributed by atoms with Crippen LogP contribution in [-0.4, -0.2) is 35.4 Å². The SMILES string of the molecule is CCCOc1ccc(NC(=O)[C@H]2CNC[C@@H]2c2cnn(C)c2)c(C)c1.Cl. The highest BCUT2D eigenvalue weighted by molar-refractivity contribution is 5.94. The van der Waals surface area contributed by atoms with Crippen LogP contribution < -0.4 is 15.4 Å². The first-order chi connectivity index (χ1) is 12.1. The second kappa shape index (κ2) is 9.05. The molecule has 1 aromatic heterocycles. The van der Waals surface area contributed by atoms with Gasteiger partial charge in [0.1, 0.15) is 5.75 Å². The van der Waals surface area contributed by atoms with Crippen molar-refractivity contribution in [2.75, 3.05) is 25.0 Å². The summed E-state index contributed by atoms with van der Waals surface area (Å²) in [4.78, 5) is 12.8. The van der Waals surface area contributed by atoms with Gasteiger partial charge in [-0.15, -0.1) is 12.4 Å². The summed E-state index contributed by atoms with van der Waals surface area (Å²) in [5, 5.41) is 10.6. The number of aryl methyl sites for hydroxylation is 2. The molecule has 1 fully saturated rings. The Balaban J connectivity index is 0.00000243. The molecular weight excluding hydrogens is 352 g/mol. The maximum atomic E-state index is 12.8. The van der Waals surface area contributed by atoms with E-state index in [-0.39, 0.29) is 30.2 Å². The van der Waals surface area contributed by atoms with Gasteiger partial charge in [-0.3, -0.25) is 9.48 Å². The molecule has 1 aliphatic heterocycles. The number of benzene rings is 1. The molecule has 2 heterocycles. The fraction of sp³-hybridized carbons (Fsp3) is 0.474. The van der Waals surface area contributed by atoms with Gasteiger partial charge in [0.2, 0.25) is 5.91 Å². The van der Waals surface area contributed by atoms with Crippen molar-refractivity contribution in [2.24, 2.45) is 13.0 Å². The van der Waals surface area contributed by atoms with E-state index < -0.39 is 0 Å². The lowest BCUT2D eigenvalue weighted by atomic mass is 9.90. The van der Waals surface area contributed by atoms with E-state index in [9.17, 15) is 4.79 Å². The zero-order valence-corrected chi connectivity index (χ0v) is 16.3. The smallest absolute Gasteiger partial charge is 0.229 e. The second-order valence-corrected chi connectivity index (χ2v) is 6.63. The predicted octanol–water partition coefficient (Wildman–Crippen LogP) is 2.88. The molecule has 0 radical (unpaired) electrons. The molecule has 1 saturated heterocycles. The van der Waals surface area contributed by atoms with Crippen LogP contribution in [0.2, 0.25) is 0 Å². The van der Waals surface area contributed by atoms with Gasteiger partial charge in [0, 0.05) is 37.9 Å². The van der Waals surface area contributed by atoms with Crippen LogP contribution in [0.3, 0.4) is 0 Å². The Hall–Kier alpha value is -2.05. The summed E-state index contributed by atoms with van der Waals surface area (Å²) in [6.45, 7) is 6.25. The fourth-order valence-electron chi connectivity index (χ4n) is 3.25. The quantitative estimate of drug-likeness (QED) is 0.811. The third kappa shape index (κ3) is 4.56. The van der Waals surface area contributed by atoms with Gasteiger partial charge in [0.25, 0.3) is 0 Å². The van der Waals surface area contributed by atoms with E-state index in [0.717, 1.165) is 35.5 Å². The van der Waals surface area contributed by atoms with Gasteiger partial charge in [-0.1, -0.05) is 6.92 Å². The van der Waals surface area contributed by atoms with Crippen molar-refractivity contribution in [1.29, 1.82) is 0 Å². The minimum Gasteiger partial charge on any atom is -0.494 e. The van der Waals surface area contributed by atoms with E-state index in [1.807, 2.05) is 44.6 Å². The number of aromatic nitrogens is 2. The molecule has 0 saturated carbocycles. The first-order valence-corrected chi connectivity index (χ1v) is 8.82. The van der Waals surface area contributed by atoms with Crippen molar-refractivity contribution in [3.63, 3.8) is 0 Å². The van der Waals surface area contributed by atoms with Crippen LogP contribution in [-0.2, 0) is 11.8 Å². The molecule has 0 spiro atoms. The number of nitrogens with one attached hydrogen (secondary N) is 2. The molecular formula is C19H27ClN4O2. The number of hydrogen-bond acceptors (Lipinski definition) is 4. The van der Waals surface area contributed by atoms with Crippen LogP contribution in [0.1, 0.15) is 30.4 Å². The van der Waals surface area contributed by atoms with Gasteiger partial charge in [0.15, 0.2) is 0 Å². The maximum Gasteiger partial charge on any atom is 0.229 e. The van der Waals surface area contributed by atoms with E-state index in [2.05, 4.69) is 22.7 Å². The van der Waals surface area contributed by atoms with E-state index >= 15 is 0 Å². The summed E-state index contributed by atoms with van der Waals surface area (Å²) in [7, 11) is 1.90. The minimum atomic E-state index is -0.0976. The van der Waals surface area contributed by atoms with Crippen LogP contribution in [0.4, 0.5) is 5.69 Å². The zero-order chi connectivity index (χ0) is 17.8. The number of anilines is 1. The summed E-state index contributed by atoms with van der Waals surface area (Å²) in [5.74, 6) is 0.943. The number of halogens is 1. The van der Waals surface area contributed by atoms with E-state index in [0.29, 0.717) is 13.2 Å². The fourth-order valence-corrected chi connectivity index (χ4v) is 3.25. The standard InChI is InChI=1S/C19H26N4O2.ClH/c1-4-7-25-15-5-6-18(13(2)8-15)22-19(24)17-11-20-10-16(17)14-9-21-23(3)12-14;/h5-6,8-9,12,16-17,20H,4,7,10-11H2,1-3H3,(H,22,24);1H/t16-,17+;/m1./s1. The lowest BCUT2D eigenvalue weighted by Crippen LogP contribution is -2.28. The summed E-state index contributed by atoms with van der Waals surface area (Å²) >= 11 is 0. The maximum absolute atomic E-state index is 12.8. The number of carbonyl (C=O) groups excluding carboxylic acids is 1. The predicted molar refractivity (Wildman–Crippen MR) is 105 cm³/mol. The molecule has 26 heavy (non-hydrogen) atoms. The normalized spacial score (nSPS) is 19.0. The molecule has 0 aliphatic carbocycles. The van der Waals surface area contributed by atoms with Gasteiger partial charge in [0.05, 0.1) is 18.7 Å². The molecule has 7 heteroatoms. The molecule has 142 valence electrons. The van der Waals surface area contributed by atoms with Gasteiger partial charge in [-0.2, -0.15) is 5.10 Å². The molecule has 1 amide bonds. The molecule has 1 aliphatic rings. The molecule has 0 unspecified atom stereocenters. The van der Waals surface area contributed by atoms with Crippen molar-refractivity contribution in [3.8, 4) is 5.75 Å². The summed E-state index contributed by atoms with van der Waals surface area (Å²) in [6.07, 6.45) is 4.81. The van der Waals surface area contributed by atoms with Crippen LogP contribution >= 0.6 is 12.4 Å². The van der Waals surface area contributed by atoms with Gasteiger partial charge < -0.3 is 15.4 Å². The third-order valence-electron chi connectivity index (χ3n) is 4.63. The number of nitrogens with zero attached hydrogens (tertiary/aromatic N) is 2. The topological polar surface area (TPSA) is 68.2 Å². The Labute approximate surface area is 160 Å². The van der Waals surface area contributed by atoms with Crippen molar-refractivity contribution >= 4 is 24.0 Å². The molecule has 3 rings (SSSR count). The number of hydrogen-bond donors (Lipinski definition) is 2. The minimum absolute atomic E-state index is 0. The van der Waals surface area contributed by atoms with Crippen molar-refractivity contribution < 1.29 is 9.53 Å². The Kier molecular flexibility index (Phi) is 7.06. The van der Waals surface area contributed by atoms with E-state index in [1.54, 1.807) is 4.68 Å². The first kappa shape index (κ1) is 20.3. The first-order valence-electron chi connectivity index (χ1n) is 8.82. The Morgan fingerprint density at radius 1 is 1.42 bits per heavy atom. The molecule has 2 atom stereocenters. The lowest BCUT2D eigenvalue weighted by molar-refractivity contribution is -0.119. The largest absolute Gasteiger partial charge is 0.494 e. The molecule has 6 nitrogen and oxygen atoms in total. The highest BCUT2D eigenvalue weighted by atomic mass is 35.5. The molecule has 2 N–H and O–H groups in total. The van der Waals surface area contributed by atoms with Gasteiger partial charge in [-0.25, -0.2) is 0 Å². The van der Waals surface area contributed by atoms with Crippen LogP contribution in [0.5, 0.6) is 5.75 Å². The molecule has 0 bridgehead atoms. The van der Waals surface area contributed by atoms with Gasteiger partial charge in [-0.05, 0) is 42.7 Å². The van der Waals surface area contributed by atoms with Crippen molar-refractivity contribution in [2.45, 2.75) is 26.2 Å². The van der Waals surface area contributed by atoms with Gasteiger partial charge >= 0.3 is 0 Å². The van der Waals surface area contributed by atoms with Crippen molar-refractivity contribution in [1.82, 2.24) is 15.1 Å². The average Bonchev–Trinajstić information content (AvgIpc) is 3.23. The highest BCUT2D eigenvalue weighted by Gasteiger charge is 2.34. The number of rotatable bonds is 6. The van der Waals surface area contributed by atoms with Crippen LogP contribution in [0.15, 0.2) is 30.6 Å². The number of ether oxygens (including phenoxy) is 1. The Morgan fingerprint density at radius 2 is 2.23 bits per heavy atom. The van der Waals surface area contributed by atoms with Crippen LogP contribution in [0.25, 0.3) is 0 Å². The summed E-state index contributed by atoms with van der Waals surface area (Å²) < 4.78 is 7.42. The monoisotopic (exact) mass is 378 g/mol. The summed E-state index contributed by atoms with van der Waals surface area (Å²) in [5.41, 5.74) is 2.95. The Morgan fingerprint density at radius 3 is 2.88 bits per heavy atom. The number of amides is 1. The third-order valence-corrected chi connectivity index (χ3v) is 4.63. The zero-order valence-electron chi connectivity index (χ0n) is 15.5. The van der Waals surface area contributed by atoms with Crippen molar-refractivity contribution in [3.05, 3.63) is 41.7 Å². The van der Waals surface area contributed by atoms with E-state index in [4.69, 9.17) is 4.74 Å². The van der Waals surface area contributed by atoms with Crippen LogP contribution in [0, 0.1) is 12.8 Å².